The molecule has 20 heavy (non-hydrogen) atoms. The summed E-state index contributed by atoms with van der Waals surface area (Å²) in [6.07, 6.45) is 1.85. The monoisotopic (exact) mass is 279 g/mol. The lowest BCUT2D eigenvalue weighted by Gasteiger charge is -2.17. The minimum absolute atomic E-state index is 0.0152. The van der Waals surface area contributed by atoms with E-state index < -0.39 is 11.9 Å². The average molecular weight is 279 g/mol. The first-order valence-electron chi connectivity index (χ1n) is 6.22. The van der Waals surface area contributed by atoms with Gasteiger partial charge in [0.25, 0.3) is 5.91 Å². The minimum atomic E-state index is -0.489. The molecular weight excluding hydrogens is 262 g/mol. The Morgan fingerprint density at radius 3 is 2.75 bits per heavy atom. The number of aromatic hydroxyl groups is 1. The molecule has 1 aromatic rings. The van der Waals surface area contributed by atoms with Gasteiger partial charge in [0.1, 0.15) is 0 Å². The molecule has 1 aliphatic carbocycles. The number of hydrogen-bond acceptors (Lipinski definition) is 5. The second-order valence-electron chi connectivity index (χ2n) is 4.70. The Bertz CT molecular complexity index is 540. The van der Waals surface area contributed by atoms with Crippen LogP contribution in [0.25, 0.3) is 0 Å². The summed E-state index contributed by atoms with van der Waals surface area (Å²) in [6, 6.07) is 3.85. The van der Waals surface area contributed by atoms with Crippen molar-refractivity contribution in [2.24, 2.45) is 16.8 Å². The quantitative estimate of drug-likeness (QED) is 0.273. The molecule has 1 amide bonds. The number of nitrogens with zero attached hydrogens (tertiary/aromatic N) is 1. The Hall–Kier alpha value is -2.44. The standard InChI is InChI=1S/C13H17N3O4/c1-20-10-5-4-8(6-9(10)17)13(18)15-11(7-2-3-7)12(14)16-19/h4-7,11,17,19H,2-3H2,1H3,(H2,14,16)(H,15,18). The van der Waals surface area contributed by atoms with Crippen molar-refractivity contribution in [3.05, 3.63) is 23.8 Å². The number of amides is 1. The Morgan fingerprint density at radius 2 is 2.25 bits per heavy atom. The zero-order valence-corrected chi connectivity index (χ0v) is 11.0. The van der Waals surface area contributed by atoms with Crippen LogP contribution >= 0.6 is 0 Å². The summed E-state index contributed by atoms with van der Waals surface area (Å²) in [5.74, 6) is -0.0459. The number of methoxy groups -OCH3 is 1. The number of carbonyl (C=O) groups excluding carboxylic acids is 1. The van der Waals surface area contributed by atoms with Crippen LogP contribution in [-0.4, -0.2) is 35.2 Å². The number of ether oxygens (including phenoxy) is 1. The highest BCUT2D eigenvalue weighted by Crippen LogP contribution is 2.33. The fourth-order valence-corrected chi connectivity index (χ4v) is 1.98. The number of nitrogens with one attached hydrogen (secondary N) is 1. The highest BCUT2D eigenvalue weighted by Gasteiger charge is 2.35. The van der Waals surface area contributed by atoms with Gasteiger partial charge in [0.05, 0.1) is 13.2 Å². The van der Waals surface area contributed by atoms with Crippen LogP contribution in [0.2, 0.25) is 0 Å². The van der Waals surface area contributed by atoms with Gasteiger partial charge in [-0.25, -0.2) is 0 Å². The van der Waals surface area contributed by atoms with Crippen LogP contribution in [0.4, 0.5) is 0 Å². The summed E-state index contributed by atoms with van der Waals surface area (Å²) in [6.45, 7) is 0. The van der Waals surface area contributed by atoms with Crippen molar-refractivity contribution in [3.8, 4) is 11.5 Å². The summed E-state index contributed by atoms with van der Waals surface area (Å²) in [7, 11) is 1.43. The first kappa shape index (κ1) is 14.0. The van der Waals surface area contributed by atoms with Crippen LogP contribution < -0.4 is 15.8 Å². The van der Waals surface area contributed by atoms with Crippen molar-refractivity contribution >= 4 is 11.7 Å². The summed E-state index contributed by atoms with van der Waals surface area (Å²) >= 11 is 0. The number of hydrogen-bond donors (Lipinski definition) is 4. The number of carbonyl (C=O) groups is 1. The lowest BCUT2D eigenvalue weighted by Crippen LogP contribution is -2.46. The second kappa shape index (κ2) is 5.68. The number of phenolic OH excluding ortho intramolecular Hbond substituents is 1. The van der Waals surface area contributed by atoms with Gasteiger partial charge in [-0.15, -0.1) is 0 Å². The maximum atomic E-state index is 12.1. The second-order valence-corrected chi connectivity index (χ2v) is 4.70. The third kappa shape index (κ3) is 2.93. The molecule has 0 aliphatic heterocycles. The van der Waals surface area contributed by atoms with Gasteiger partial charge in [0.2, 0.25) is 0 Å². The van der Waals surface area contributed by atoms with Crippen LogP contribution in [0.1, 0.15) is 23.2 Å². The zero-order valence-electron chi connectivity index (χ0n) is 11.0. The van der Waals surface area contributed by atoms with Crippen LogP contribution in [0.5, 0.6) is 11.5 Å². The van der Waals surface area contributed by atoms with Crippen LogP contribution in [0.15, 0.2) is 23.4 Å². The Kier molecular flexibility index (Phi) is 3.97. The fraction of sp³-hybridized carbons (Fsp3) is 0.385. The molecule has 0 saturated heterocycles. The summed E-state index contributed by atoms with van der Waals surface area (Å²) in [5.41, 5.74) is 5.85. The molecule has 1 saturated carbocycles. The molecule has 108 valence electrons. The van der Waals surface area contributed by atoms with Gasteiger partial charge in [-0.05, 0) is 37.0 Å². The number of benzene rings is 1. The third-order valence-corrected chi connectivity index (χ3v) is 3.26. The van der Waals surface area contributed by atoms with Gasteiger partial charge in [-0.3, -0.25) is 4.79 Å². The molecule has 0 heterocycles. The maximum Gasteiger partial charge on any atom is 0.252 e. The van der Waals surface area contributed by atoms with Crippen molar-refractivity contribution in [3.63, 3.8) is 0 Å². The van der Waals surface area contributed by atoms with E-state index >= 15 is 0 Å². The van der Waals surface area contributed by atoms with Crippen molar-refractivity contribution < 1.29 is 19.8 Å². The molecular formula is C13H17N3O4. The first-order valence-corrected chi connectivity index (χ1v) is 6.22. The molecule has 7 nitrogen and oxygen atoms in total. The van der Waals surface area contributed by atoms with Gasteiger partial charge in [0, 0.05) is 5.56 Å². The van der Waals surface area contributed by atoms with Crippen LogP contribution in [0.3, 0.4) is 0 Å². The average Bonchev–Trinajstić information content (AvgIpc) is 3.28. The van der Waals surface area contributed by atoms with Gasteiger partial charge in [-0.1, -0.05) is 5.16 Å². The molecule has 0 radical (unpaired) electrons. The molecule has 7 heteroatoms. The van der Waals surface area contributed by atoms with Gasteiger partial charge < -0.3 is 26.1 Å². The molecule has 0 spiro atoms. The van der Waals surface area contributed by atoms with Gasteiger partial charge in [0.15, 0.2) is 17.3 Å². The van der Waals surface area contributed by atoms with E-state index in [-0.39, 0.29) is 28.8 Å². The van der Waals surface area contributed by atoms with Crippen LogP contribution in [-0.2, 0) is 0 Å². The zero-order chi connectivity index (χ0) is 14.7. The van der Waals surface area contributed by atoms with Crippen molar-refractivity contribution in [1.82, 2.24) is 5.32 Å². The van der Waals surface area contributed by atoms with E-state index in [1.165, 1.54) is 25.3 Å². The first-order chi connectivity index (χ1) is 9.56. The predicted molar refractivity (Wildman–Crippen MR) is 72.0 cm³/mol. The van der Waals surface area contributed by atoms with Gasteiger partial charge in [-0.2, -0.15) is 0 Å². The minimum Gasteiger partial charge on any atom is -0.504 e. The lowest BCUT2D eigenvalue weighted by molar-refractivity contribution is 0.0942. The highest BCUT2D eigenvalue weighted by molar-refractivity contribution is 5.98. The van der Waals surface area contributed by atoms with E-state index in [0.29, 0.717) is 0 Å². The molecule has 2 rings (SSSR count). The van der Waals surface area contributed by atoms with E-state index in [2.05, 4.69) is 10.5 Å². The normalized spacial score (nSPS) is 16.6. The van der Waals surface area contributed by atoms with Crippen molar-refractivity contribution in [2.75, 3.05) is 7.11 Å². The van der Waals surface area contributed by atoms with E-state index in [0.717, 1.165) is 12.8 Å². The van der Waals surface area contributed by atoms with E-state index in [1.54, 1.807) is 0 Å². The van der Waals surface area contributed by atoms with E-state index in [1.807, 2.05) is 0 Å². The molecule has 0 bridgehead atoms. The van der Waals surface area contributed by atoms with Gasteiger partial charge >= 0.3 is 0 Å². The van der Waals surface area contributed by atoms with Crippen molar-refractivity contribution in [2.45, 2.75) is 18.9 Å². The highest BCUT2D eigenvalue weighted by atomic mass is 16.5. The SMILES string of the molecule is COc1ccc(C(=O)NC(C(N)=NO)C2CC2)cc1O. The molecule has 5 N–H and O–H groups in total. The topological polar surface area (TPSA) is 117 Å². The number of phenols is 1. The van der Waals surface area contributed by atoms with E-state index in [9.17, 15) is 9.90 Å². The predicted octanol–water partition coefficient (Wildman–Crippen LogP) is 0.656. The smallest absolute Gasteiger partial charge is 0.252 e. The molecule has 1 fully saturated rings. The number of amidine groups is 1. The summed E-state index contributed by atoms with van der Waals surface area (Å²) in [4.78, 5) is 12.1. The summed E-state index contributed by atoms with van der Waals surface area (Å²) in [5, 5.41) is 24.0. The number of oxime groups is 1. The number of nitrogens with two attached hydrogens (primary N) is 1. The molecule has 1 unspecified atom stereocenters. The van der Waals surface area contributed by atoms with Crippen molar-refractivity contribution in [1.29, 1.82) is 0 Å². The molecule has 0 aromatic heterocycles. The molecule has 1 atom stereocenters. The maximum absolute atomic E-state index is 12.1. The number of rotatable bonds is 5. The molecule has 1 aromatic carbocycles. The fourth-order valence-electron chi connectivity index (χ4n) is 1.98. The Balaban J connectivity index is 2.12. The Morgan fingerprint density at radius 1 is 1.55 bits per heavy atom. The lowest BCUT2D eigenvalue weighted by atomic mass is 10.1. The van der Waals surface area contributed by atoms with Crippen LogP contribution in [0, 0.1) is 5.92 Å². The van der Waals surface area contributed by atoms with E-state index in [4.69, 9.17) is 15.7 Å². The summed E-state index contributed by atoms with van der Waals surface area (Å²) < 4.78 is 4.91. The third-order valence-electron chi connectivity index (χ3n) is 3.26. The molecule has 1 aliphatic rings. The Labute approximate surface area is 116 Å². The largest absolute Gasteiger partial charge is 0.504 e.